The molecule has 5 heteroatoms. The number of likely N-dealkylation sites (tertiary alicyclic amines) is 2. The monoisotopic (exact) mass is 369 g/mol. The van der Waals surface area contributed by atoms with Crippen LogP contribution in [0.1, 0.15) is 30.9 Å². The Balaban J connectivity index is 1.43. The summed E-state index contributed by atoms with van der Waals surface area (Å²) in [5.74, 6) is 1.14. The van der Waals surface area contributed by atoms with Crippen LogP contribution < -0.4 is 5.56 Å². The molecule has 0 aliphatic carbocycles. The zero-order valence-corrected chi connectivity index (χ0v) is 16.3. The van der Waals surface area contributed by atoms with E-state index in [1.165, 1.54) is 44.6 Å². The largest absolute Gasteiger partial charge is 0.311 e. The summed E-state index contributed by atoms with van der Waals surface area (Å²) in [5, 5.41) is 2.05. The minimum atomic E-state index is 0.215. The number of aromatic nitrogens is 1. The van der Waals surface area contributed by atoms with Crippen LogP contribution in [0.25, 0.3) is 10.4 Å². The topological polar surface area (TPSA) is 28.5 Å². The minimum absolute atomic E-state index is 0.215. The summed E-state index contributed by atoms with van der Waals surface area (Å²) in [6.45, 7) is 5.63. The number of nitrogens with zero attached hydrogens (tertiary/aromatic N) is 3. The highest BCUT2D eigenvalue weighted by atomic mass is 32.1. The Kier molecular flexibility index (Phi) is 4.26. The van der Waals surface area contributed by atoms with Gasteiger partial charge in [0.1, 0.15) is 0 Å². The van der Waals surface area contributed by atoms with E-state index >= 15 is 0 Å². The second-order valence-electron chi connectivity index (χ2n) is 8.35. The molecule has 0 spiro atoms. The van der Waals surface area contributed by atoms with E-state index in [1.54, 1.807) is 11.3 Å². The highest BCUT2D eigenvalue weighted by Gasteiger charge is 2.37. The normalized spacial score (nSPS) is 27.4. The zero-order chi connectivity index (χ0) is 17.7. The van der Waals surface area contributed by atoms with E-state index in [1.807, 2.05) is 11.4 Å². The third-order valence-corrected chi connectivity index (χ3v) is 7.53. The average molecular weight is 370 g/mol. The number of hydrogen-bond acceptors (Lipinski definition) is 4. The summed E-state index contributed by atoms with van der Waals surface area (Å²) < 4.78 is 2.10. The van der Waals surface area contributed by atoms with E-state index in [9.17, 15) is 4.79 Å². The van der Waals surface area contributed by atoms with Crippen LogP contribution in [-0.2, 0) is 6.54 Å². The van der Waals surface area contributed by atoms with Crippen LogP contribution in [0, 0.1) is 5.92 Å². The van der Waals surface area contributed by atoms with Gasteiger partial charge in [0.25, 0.3) is 5.56 Å². The molecule has 5 heterocycles. The van der Waals surface area contributed by atoms with Gasteiger partial charge in [0.05, 0.1) is 5.56 Å². The molecule has 26 heavy (non-hydrogen) atoms. The third kappa shape index (κ3) is 2.86. The van der Waals surface area contributed by atoms with Crippen LogP contribution in [0.2, 0.25) is 0 Å². The lowest BCUT2D eigenvalue weighted by atomic mass is 9.81. The van der Waals surface area contributed by atoms with E-state index in [4.69, 9.17) is 0 Å². The van der Waals surface area contributed by atoms with Crippen molar-refractivity contribution in [3.05, 3.63) is 45.7 Å². The lowest BCUT2D eigenvalue weighted by Crippen LogP contribution is -2.53. The molecule has 0 radical (unpaired) electrons. The molecule has 4 nitrogen and oxygen atoms in total. The summed E-state index contributed by atoms with van der Waals surface area (Å²) in [5.41, 5.74) is 2.35. The van der Waals surface area contributed by atoms with Gasteiger partial charge in [-0.3, -0.25) is 9.69 Å². The lowest BCUT2D eigenvalue weighted by molar-refractivity contribution is 0.0517. The number of fused-ring (bicyclic) bond motifs is 4. The molecule has 0 unspecified atom stereocenters. The molecule has 2 aromatic heterocycles. The van der Waals surface area contributed by atoms with Gasteiger partial charge in [0, 0.05) is 42.2 Å². The number of piperidine rings is 2. The first-order valence-electron chi connectivity index (χ1n) is 9.89. The SMILES string of the molecule is CN1CCC(N2C[C@H]3C[C@H](C2)c2ccc(-c4cccs4)c(=O)n2C3)CC1. The van der Waals surface area contributed by atoms with E-state index in [-0.39, 0.29) is 5.56 Å². The second-order valence-corrected chi connectivity index (χ2v) is 9.30. The summed E-state index contributed by atoms with van der Waals surface area (Å²) in [6.07, 6.45) is 3.83. The second kappa shape index (κ2) is 6.63. The number of pyridine rings is 1. The van der Waals surface area contributed by atoms with Crippen molar-refractivity contribution in [2.75, 3.05) is 33.2 Å². The predicted molar refractivity (Wildman–Crippen MR) is 107 cm³/mol. The molecule has 3 aliphatic heterocycles. The van der Waals surface area contributed by atoms with Gasteiger partial charge < -0.3 is 9.47 Å². The minimum Gasteiger partial charge on any atom is -0.311 e. The van der Waals surface area contributed by atoms with Gasteiger partial charge in [-0.15, -0.1) is 11.3 Å². The van der Waals surface area contributed by atoms with Gasteiger partial charge >= 0.3 is 0 Å². The summed E-state index contributed by atoms with van der Waals surface area (Å²) in [6, 6.07) is 9.11. The molecule has 138 valence electrons. The Bertz CT molecular complexity index is 835. The van der Waals surface area contributed by atoms with Crippen molar-refractivity contribution in [1.29, 1.82) is 0 Å². The third-order valence-electron chi connectivity index (χ3n) is 6.62. The maximum absolute atomic E-state index is 13.1. The molecular formula is C21H27N3OS. The molecule has 2 bridgehead atoms. The van der Waals surface area contributed by atoms with Gasteiger partial charge in [-0.25, -0.2) is 0 Å². The van der Waals surface area contributed by atoms with Crippen molar-refractivity contribution in [1.82, 2.24) is 14.4 Å². The van der Waals surface area contributed by atoms with Crippen LogP contribution in [0.3, 0.4) is 0 Å². The van der Waals surface area contributed by atoms with Crippen LogP contribution in [-0.4, -0.2) is 53.6 Å². The Hall–Kier alpha value is -1.43. The average Bonchev–Trinajstić information content (AvgIpc) is 3.17. The van der Waals surface area contributed by atoms with Gasteiger partial charge in [0.2, 0.25) is 0 Å². The smallest absolute Gasteiger partial charge is 0.259 e. The zero-order valence-electron chi connectivity index (χ0n) is 15.4. The molecule has 0 saturated carbocycles. The molecule has 3 aliphatic rings. The fraction of sp³-hybridized carbons (Fsp3) is 0.571. The van der Waals surface area contributed by atoms with Gasteiger partial charge in [-0.05, 0) is 68.9 Å². The van der Waals surface area contributed by atoms with Crippen molar-refractivity contribution >= 4 is 11.3 Å². The number of hydrogen-bond donors (Lipinski definition) is 0. The molecule has 0 N–H and O–H groups in total. The molecule has 0 aromatic carbocycles. The first kappa shape index (κ1) is 16.7. The van der Waals surface area contributed by atoms with Crippen molar-refractivity contribution < 1.29 is 0 Å². The van der Waals surface area contributed by atoms with Crippen molar-refractivity contribution in [2.45, 2.75) is 37.8 Å². The highest BCUT2D eigenvalue weighted by molar-refractivity contribution is 7.13. The quantitative estimate of drug-likeness (QED) is 0.814. The van der Waals surface area contributed by atoms with Crippen LogP contribution in [0.15, 0.2) is 34.4 Å². The summed E-state index contributed by atoms with van der Waals surface area (Å²) >= 11 is 1.66. The van der Waals surface area contributed by atoms with E-state index in [0.29, 0.717) is 11.8 Å². The molecule has 5 rings (SSSR count). The molecule has 0 amide bonds. The Morgan fingerprint density at radius 3 is 2.69 bits per heavy atom. The molecule has 2 fully saturated rings. The first-order chi connectivity index (χ1) is 12.7. The highest BCUT2D eigenvalue weighted by Crippen LogP contribution is 2.37. The van der Waals surface area contributed by atoms with E-state index in [2.05, 4.69) is 39.6 Å². The standard InChI is InChI=1S/C21H27N3OS/c1-22-8-6-17(7-9-22)23-12-15-11-16(14-23)19-5-4-18(20-3-2-10-26-20)21(25)24(19)13-15/h2-5,10,15-17H,6-9,11-14H2,1H3/t15-,16-/m1/s1. The van der Waals surface area contributed by atoms with Crippen LogP contribution in [0.5, 0.6) is 0 Å². The molecule has 2 atom stereocenters. The lowest BCUT2D eigenvalue weighted by Gasteiger charge is -2.47. The predicted octanol–water partition coefficient (Wildman–Crippen LogP) is 3.09. The number of thiophene rings is 1. The van der Waals surface area contributed by atoms with Crippen molar-refractivity contribution in [3.8, 4) is 10.4 Å². The van der Waals surface area contributed by atoms with Gasteiger partial charge in [0.15, 0.2) is 0 Å². The maximum Gasteiger partial charge on any atom is 0.259 e. The molecule has 2 saturated heterocycles. The van der Waals surface area contributed by atoms with Gasteiger partial charge in [-0.2, -0.15) is 0 Å². The van der Waals surface area contributed by atoms with Gasteiger partial charge in [-0.1, -0.05) is 6.07 Å². The van der Waals surface area contributed by atoms with Crippen molar-refractivity contribution in [2.24, 2.45) is 5.92 Å². The Morgan fingerprint density at radius 1 is 1.08 bits per heavy atom. The fourth-order valence-corrected chi connectivity index (χ4v) is 6.00. The van der Waals surface area contributed by atoms with E-state index in [0.717, 1.165) is 29.6 Å². The number of rotatable bonds is 2. The summed E-state index contributed by atoms with van der Waals surface area (Å²) in [4.78, 5) is 19.4. The Labute approximate surface area is 159 Å². The van der Waals surface area contributed by atoms with Crippen molar-refractivity contribution in [3.63, 3.8) is 0 Å². The molecule has 2 aromatic rings. The maximum atomic E-state index is 13.1. The van der Waals surface area contributed by atoms with Crippen LogP contribution >= 0.6 is 11.3 Å². The molecular weight excluding hydrogens is 342 g/mol. The van der Waals surface area contributed by atoms with E-state index < -0.39 is 0 Å². The first-order valence-corrected chi connectivity index (χ1v) is 10.8. The summed E-state index contributed by atoms with van der Waals surface area (Å²) in [7, 11) is 2.23. The Morgan fingerprint density at radius 2 is 1.92 bits per heavy atom. The van der Waals surface area contributed by atoms with Crippen LogP contribution in [0.4, 0.5) is 0 Å². The fourth-order valence-electron chi connectivity index (χ4n) is 5.26.